The number of nitrogens with two attached hydrogens (primary N) is 1. The van der Waals surface area contributed by atoms with Crippen LogP contribution in [0.2, 0.25) is 0 Å². The van der Waals surface area contributed by atoms with Crippen molar-refractivity contribution in [3.8, 4) is 0 Å². The molecule has 0 saturated carbocycles. The molecule has 0 heterocycles. The van der Waals surface area contributed by atoms with Gasteiger partial charge in [-0.15, -0.1) is 0 Å². The normalized spacial score (nSPS) is 16.5. The van der Waals surface area contributed by atoms with E-state index in [1.807, 2.05) is 0 Å². The third kappa shape index (κ3) is 5.97. The van der Waals surface area contributed by atoms with Crippen molar-refractivity contribution >= 4 is 19.3 Å². The molecule has 0 bridgehead atoms. The first-order valence-electron chi connectivity index (χ1n) is 6.73. The summed E-state index contributed by atoms with van der Waals surface area (Å²) in [6.07, 6.45) is -1.32. The van der Waals surface area contributed by atoms with E-state index in [0.717, 1.165) is 0 Å². The summed E-state index contributed by atoms with van der Waals surface area (Å²) in [5.74, 6) is -2.43. The van der Waals surface area contributed by atoms with Crippen molar-refractivity contribution in [2.75, 3.05) is 12.3 Å². The molecule has 0 aliphatic carbocycles. The molecule has 0 saturated heterocycles. The Balaban J connectivity index is 2.73. The van der Waals surface area contributed by atoms with E-state index in [9.17, 15) is 24.2 Å². The zero-order valence-corrected chi connectivity index (χ0v) is 12.9. The standard InChI is InChI=1S/C14H20NO6P/c15-14(13(18)19,10-11-4-2-1-3-5-11)7-9-22(20,21)8-6-12(16)17/h1-5H,6-10,15H2,(H,16,17)(H,18,19)(H,20,21). The fourth-order valence-electron chi connectivity index (χ4n) is 1.99. The molecule has 0 spiro atoms. The summed E-state index contributed by atoms with van der Waals surface area (Å²) < 4.78 is 11.9. The van der Waals surface area contributed by atoms with Crippen LogP contribution in [-0.2, 0) is 20.6 Å². The lowest BCUT2D eigenvalue weighted by Crippen LogP contribution is -2.50. The highest BCUT2D eigenvalue weighted by atomic mass is 31.2. The summed E-state index contributed by atoms with van der Waals surface area (Å²) in [6.45, 7) is 0. The maximum Gasteiger partial charge on any atom is 0.324 e. The van der Waals surface area contributed by atoms with Crippen LogP contribution in [0.25, 0.3) is 0 Å². The average molecular weight is 329 g/mol. The minimum atomic E-state index is -3.71. The van der Waals surface area contributed by atoms with Gasteiger partial charge in [0, 0.05) is 18.7 Å². The van der Waals surface area contributed by atoms with Gasteiger partial charge in [0.15, 0.2) is 0 Å². The number of aliphatic carboxylic acids is 2. The van der Waals surface area contributed by atoms with Crippen molar-refractivity contribution in [1.29, 1.82) is 0 Å². The van der Waals surface area contributed by atoms with Gasteiger partial charge in [-0.3, -0.25) is 14.2 Å². The molecule has 8 heteroatoms. The van der Waals surface area contributed by atoms with E-state index in [-0.39, 0.29) is 25.2 Å². The smallest absolute Gasteiger partial charge is 0.324 e. The summed E-state index contributed by atoms with van der Waals surface area (Å²) in [7, 11) is -3.71. The molecule has 7 nitrogen and oxygen atoms in total. The van der Waals surface area contributed by atoms with Crippen LogP contribution in [0.15, 0.2) is 30.3 Å². The van der Waals surface area contributed by atoms with Crippen molar-refractivity contribution < 1.29 is 29.3 Å². The second-order valence-corrected chi connectivity index (χ2v) is 7.90. The summed E-state index contributed by atoms with van der Waals surface area (Å²) >= 11 is 0. The van der Waals surface area contributed by atoms with Crippen LogP contribution < -0.4 is 5.73 Å². The minimum absolute atomic E-state index is 0.0299. The van der Waals surface area contributed by atoms with Gasteiger partial charge in [-0.05, 0) is 12.0 Å². The monoisotopic (exact) mass is 329 g/mol. The molecule has 0 aliphatic rings. The molecule has 0 aromatic heterocycles. The highest BCUT2D eigenvalue weighted by Gasteiger charge is 2.36. The van der Waals surface area contributed by atoms with Crippen LogP contribution in [0.1, 0.15) is 18.4 Å². The van der Waals surface area contributed by atoms with Crippen molar-refractivity contribution in [2.24, 2.45) is 5.73 Å². The van der Waals surface area contributed by atoms with E-state index in [0.29, 0.717) is 5.56 Å². The third-order valence-electron chi connectivity index (χ3n) is 3.37. The number of carboxylic acids is 2. The van der Waals surface area contributed by atoms with Gasteiger partial charge in [0.2, 0.25) is 7.37 Å². The second-order valence-electron chi connectivity index (χ2n) is 5.31. The lowest BCUT2D eigenvalue weighted by atomic mass is 9.89. The fourth-order valence-corrected chi connectivity index (χ4v) is 3.50. The van der Waals surface area contributed by atoms with Crippen molar-refractivity contribution in [3.05, 3.63) is 35.9 Å². The Morgan fingerprint density at radius 3 is 2.23 bits per heavy atom. The number of benzene rings is 1. The lowest BCUT2D eigenvalue weighted by Gasteiger charge is -2.26. The van der Waals surface area contributed by atoms with E-state index in [1.54, 1.807) is 30.3 Å². The zero-order valence-electron chi connectivity index (χ0n) is 12.0. The van der Waals surface area contributed by atoms with Crippen molar-refractivity contribution in [1.82, 2.24) is 0 Å². The first-order valence-corrected chi connectivity index (χ1v) is 8.76. The minimum Gasteiger partial charge on any atom is -0.481 e. The molecule has 2 atom stereocenters. The van der Waals surface area contributed by atoms with Crippen LogP contribution in [-0.4, -0.2) is 44.9 Å². The Labute approximate surface area is 128 Å². The Bertz CT molecular complexity index is 576. The SMILES string of the molecule is NC(CCP(=O)(O)CCC(=O)O)(Cc1ccccc1)C(=O)O. The van der Waals surface area contributed by atoms with Gasteiger partial charge in [-0.1, -0.05) is 30.3 Å². The fraction of sp³-hybridized carbons (Fsp3) is 0.429. The summed E-state index contributed by atoms with van der Waals surface area (Å²) in [5, 5.41) is 17.9. The molecule has 122 valence electrons. The third-order valence-corrected chi connectivity index (χ3v) is 5.22. The highest BCUT2D eigenvalue weighted by Crippen LogP contribution is 2.43. The second kappa shape index (κ2) is 7.54. The maximum atomic E-state index is 11.9. The van der Waals surface area contributed by atoms with Crippen LogP contribution >= 0.6 is 7.37 Å². The van der Waals surface area contributed by atoms with Gasteiger partial charge in [-0.2, -0.15) is 0 Å². The van der Waals surface area contributed by atoms with Gasteiger partial charge in [0.05, 0.1) is 6.42 Å². The van der Waals surface area contributed by atoms with Gasteiger partial charge < -0.3 is 20.8 Å². The van der Waals surface area contributed by atoms with Crippen molar-refractivity contribution in [2.45, 2.75) is 24.8 Å². The molecular weight excluding hydrogens is 309 g/mol. The van der Waals surface area contributed by atoms with E-state index in [4.69, 9.17) is 10.8 Å². The van der Waals surface area contributed by atoms with Crippen LogP contribution in [0.4, 0.5) is 0 Å². The number of carbonyl (C=O) groups is 2. The Kier molecular flexibility index (Phi) is 6.29. The molecule has 0 aliphatic heterocycles. The molecule has 22 heavy (non-hydrogen) atoms. The van der Waals surface area contributed by atoms with Gasteiger partial charge in [-0.25, -0.2) is 0 Å². The van der Waals surface area contributed by atoms with Gasteiger partial charge in [0.25, 0.3) is 0 Å². The number of hydrogen-bond acceptors (Lipinski definition) is 4. The number of hydrogen-bond donors (Lipinski definition) is 4. The maximum absolute atomic E-state index is 11.9. The molecule has 1 aromatic rings. The molecule has 1 aromatic carbocycles. The summed E-state index contributed by atoms with van der Waals surface area (Å²) in [6, 6.07) is 8.75. The largest absolute Gasteiger partial charge is 0.481 e. The Morgan fingerprint density at radius 2 is 1.73 bits per heavy atom. The van der Waals surface area contributed by atoms with Gasteiger partial charge >= 0.3 is 11.9 Å². The quantitative estimate of drug-likeness (QED) is 0.498. The van der Waals surface area contributed by atoms with E-state index < -0.39 is 31.3 Å². The van der Waals surface area contributed by atoms with Crippen LogP contribution in [0, 0.1) is 0 Å². The molecule has 0 fully saturated rings. The van der Waals surface area contributed by atoms with Crippen molar-refractivity contribution in [3.63, 3.8) is 0 Å². The van der Waals surface area contributed by atoms with Gasteiger partial charge in [0.1, 0.15) is 5.54 Å². The molecule has 0 amide bonds. The average Bonchev–Trinajstić information content (AvgIpc) is 2.44. The first kappa shape index (κ1) is 18.4. The van der Waals surface area contributed by atoms with Crippen LogP contribution in [0.3, 0.4) is 0 Å². The van der Waals surface area contributed by atoms with E-state index >= 15 is 0 Å². The molecular formula is C14H20NO6P. The summed E-state index contributed by atoms with van der Waals surface area (Å²) in [4.78, 5) is 31.6. The molecule has 1 rings (SSSR count). The van der Waals surface area contributed by atoms with Crippen LogP contribution in [0.5, 0.6) is 0 Å². The Morgan fingerprint density at radius 1 is 1.14 bits per heavy atom. The topological polar surface area (TPSA) is 138 Å². The van der Waals surface area contributed by atoms with E-state index in [1.165, 1.54) is 0 Å². The zero-order chi connectivity index (χ0) is 16.8. The summed E-state index contributed by atoms with van der Waals surface area (Å²) in [5.41, 5.74) is 4.94. The number of carboxylic acid groups (broad SMARTS) is 2. The first-order chi connectivity index (χ1) is 10.1. The Hall–Kier alpha value is -1.69. The molecule has 2 unspecified atom stereocenters. The highest BCUT2D eigenvalue weighted by molar-refractivity contribution is 7.58. The van der Waals surface area contributed by atoms with E-state index in [2.05, 4.69) is 0 Å². The predicted molar refractivity (Wildman–Crippen MR) is 81.1 cm³/mol. The molecule has 5 N–H and O–H groups in total. The lowest BCUT2D eigenvalue weighted by molar-refractivity contribution is -0.143. The number of rotatable bonds is 9. The molecule has 0 radical (unpaired) electrons. The predicted octanol–water partition coefficient (Wildman–Crippen LogP) is 1.15.